The third-order valence-corrected chi connectivity index (χ3v) is 10.5. The highest BCUT2D eigenvalue weighted by Crippen LogP contribution is 2.40. The van der Waals surface area contributed by atoms with E-state index < -0.39 is 0 Å². The molecule has 0 aliphatic carbocycles. The molecule has 6 nitrogen and oxygen atoms in total. The Labute approximate surface area is 286 Å². The van der Waals surface area contributed by atoms with Crippen molar-refractivity contribution < 1.29 is 0 Å². The number of hydrogen-bond acceptors (Lipinski definition) is 5. The van der Waals surface area contributed by atoms with Crippen LogP contribution in [0, 0.1) is 0 Å². The minimum absolute atomic E-state index is 0.0370. The van der Waals surface area contributed by atoms with Gasteiger partial charge in [0.2, 0.25) is 0 Å². The van der Waals surface area contributed by atoms with Gasteiger partial charge in [0.05, 0.1) is 11.0 Å². The van der Waals surface area contributed by atoms with Crippen LogP contribution in [0.2, 0.25) is 0 Å². The van der Waals surface area contributed by atoms with Crippen LogP contribution < -0.4 is 5.69 Å². The van der Waals surface area contributed by atoms with Gasteiger partial charge in [-0.25, -0.2) is 19.7 Å². The first-order chi connectivity index (χ1) is 24.0. The number of aryl methyl sites for hydroxylation is 2. The second-order valence-electron chi connectivity index (χ2n) is 12.2. The van der Waals surface area contributed by atoms with Crippen LogP contribution in [0.1, 0.15) is 0 Å². The fraction of sp³-hybridized carbons (Fsp3) is 0.0476. The van der Waals surface area contributed by atoms with Crippen molar-refractivity contribution in [1.29, 1.82) is 0 Å². The van der Waals surface area contributed by atoms with E-state index in [2.05, 4.69) is 103 Å². The van der Waals surface area contributed by atoms with Crippen molar-refractivity contribution in [1.82, 2.24) is 24.1 Å². The van der Waals surface area contributed by atoms with E-state index in [0.717, 1.165) is 44.4 Å². The highest BCUT2D eigenvalue weighted by molar-refractivity contribution is 7.26. The molecule has 3 heterocycles. The molecule has 9 aromatic rings. The lowest BCUT2D eigenvalue weighted by Crippen LogP contribution is -2.19. The molecule has 0 radical (unpaired) electrons. The lowest BCUT2D eigenvalue weighted by Gasteiger charge is -2.10. The zero-order valence-corrected chi connectivity index (χ0v) is 27.6. The molecule has 7 heteroatoms. The number of aromatic nitrogens is 5. The predicted molar refractivity (Wildman–Crippen MR) is 202 cm³/mol. The summed E-state index contributed by atoms with van der Waals surface area (Å²) in [6.07, 6.45) is 0. The molecule has 6 aromatic carbocycles. The van der Waals surface area contributed by atoms with Crippen molar-refractivity contribution in [2.24, 2.45) is 14.1 Å². The molecule has 0 unspecified atom stereocenters. The third kappa shape index (κ3) is 4.94. The summed E-state index contributed by atoms with van der Waals surface area (Å²) in [5.41, 5.74) is 8.91. The number of rotatable bonds is 5. The van der Waals surface area contributed by atoms with Gasteiger partial charge in [-0.3, -0.25) is 9.13 Å². The first kappa shape index (κ1) is 29.0. The van der Waals surface area contributed by atoms with E-state index in [1.807, 2.05) is 47.7 Å². The number of fused-ring (bicyclic) bond motifs is 4. The Bertz CT molecular complexity index is 2760. The predicted octanol–water partition coefficient (Wildman–Crippen LogP) is 9.76. The monoisotopic (exact) mass is 651 g/mol. The second-order valence-corrected chi connectivity index (χ2v) is 13.3. The molecule has 0 aliphatic rings. The zero-order valence-electron chi connectivity index (χ0n) is 26.8. The van der Waals surface area contributed by atoms with Gasteiger partial charge in [0.1, 0.15) is 0 Å². The fourth-order valence-corrected chi connectivity index (χ4v) is 7.89. The SMILES string of the molecule is Cn1c(=O)n(C)c2cc(-c3ccc(-c4nc(-c5ccccc5)nc(-c5cccc(-c6cccc7c6sc6ccccc67)c5)n4)cc3)ccc21. The molecule has 0 atom stereocenters. The average molecular weight is 652 g/mol. The van der Waals surface area contributed by atoms with E-state index in [1.165, 1.54) is 25.7 Å². The van der Waals surface area contributed by atoms with Gasteiger partial charge in [0, 0.05) is 51.0 Å². The maximum atomic E-state index is 12.5. The van der Waals surface area contributed by atoms with E-state index in [1.54, 1.807) is 23.2 Å². The maximum Gasteiger partial charge on any atom is 0.328 e. The lowest BCUT2D eigenvalue weighted by atomic mass is 10.0. The van der Waals surface area contributed by atoms with Gasteiger partial charge in [-0.2, -0.15) is 0 Å². The quantitative estimate of drug-likeness (QED) is 0.186. The molecular weight excluding hydrogens is 623 g/mol. The summed E-state index contributed by atoms with van der Waals surface area (Å²) in [4.78, 5) is 27.5. The van der Waals surface area contributed by atoms with Crippen LogP contribution in [0.5, 0.6) is 0 Å². The molecule has 0 amide bonds. The Balaban J connectivity index is 1.14. The normalized spacial score (nSPS) is 11.6. The highest BCUT2D eigenvalue weighted by atomic mass is 32.1. The molecule has 9 rings (SSSR count). The summed E-state index contributed by atoms with van der Waals surface area (Å²) in [6, 6.07) is 48.0. The van der Waals surface area contributed by atoms with Crippen molar-refractivity contribution in [3.05, 3.63) is 150 Å². The average Bonchev–Trinajstić information content (AvgIpc) is 3.65. The van der Waals surface area contributed by atoms with E-state index in [9.17, 15) is 4.79 Å². The number of hydrogen-bond donors (Lipinski definition) is 0. The largest absolute Gasteiger partial charge is 0.328 e. The number of thiophene rings is 1. The molecule has 0 saturated carbocycles. The molecule has 49 heavy (non-hydrogen) atoms. The van der Waals surface area contributed by atoms with Crippen LogP contribution in [0.15, 0.2) is 144 Å². The number of nitrogens with zero attached hydrogens (tertiary/aromatic N) is 5. The van der Waals surface area contributed by atoms with Crippen LogP contribution in [0.4, 0.5) is 0 Å². The molecule has 3 aromatic heterocycles. The van der Waals surface area contributed by atoms with Crippen molar-refractivity contribution in [3.63, 3.8) is 0 Å². The number of imidazole rings is 1. The van der Waals surface area contributed by atoms with Crippen LogP contribution in [0.25, 0.3) is 87.6 Å². The van der Waals surface area contributed by atoms with Crippen molar-refractivity contribution in [2.45, 2.75) is 0 Å². The van der Waals surface area contributed by atoms with Gasteiger partial charge >= 0.3 is 5.69 Å². The Hall–Kier alpha value is -6.18. The first-order valence-electron chi connectivity index (χ1n) is 16.1. The second kappa shape index (κ2) is 11.5. The minimum atomic E-state index is -0.0370. The van der Waals surface area contributed by atoms with E-state index in [0.29, 0.717) is 17.5 Å². The summed E-state index contributed by atoms with van der Waals surface area (Å²) in [5.74, 6) is 1.85. The summed E-state index contributed by atoms with van der Waals surface area (Å²) < 4.78 is 5.91. The lowest BCUT2D eigenvalue weighted by molar-refractivity contribution is 0.795. The van der Waals surface area contributed by atoms with Crippen LogP contribution in [-0.2, 0) is 14.1 Å². The van der Waals surface area contributed by atoms with Crippen LogP contribution in [0.3, 0.4) is 0 Å². The van der Waals surface area contributed by atoms with Gasteiger partial charge in [0.25, 0.3) is 0 Å². The van der Waals surface area contributed by atoms with Gasteiger partial charge < -0.3 is 0 Å². The van der Waals surface area contributed by atoms with E-state index in [-0.39, 0.29) is 5.69 Å². The smallest absolute Gasteiger partial charge is 0.295 e. The Kier molecular flexibility index (Phi) is 6.81. The van der Waals surface area contributed by atoms with Crippen molar-refractivity contribution in [3.8, 4) is 56.4 Å². The van der Waals surface area contributed by atoms with Gasteiger partial charge in [-0.1, -0.05) is 115 Å². The van der Waals surface area contributed by atoms with Crippen molar-refractivity contribution >= 4 is 42.5 Å². The minimum Gasteiger partial charge on any atom is -0.295 e. The molecule has 0 bridgehead atoms. The molecule has 0 spiro atoms. The van der Waals surface area contributed by atoms with Crippen LogP contribution in [-0.4, -0.2) is 24.1 Å². The molecule has 0 aliphatic heterocycles. The topological polar surface area (TPSA) is 65.6 Å². The van der Waals surface area contributed by atoms with Gasteiger partial charge in [-0.05, 0) is 46.5 Å². The zero-order chi connectivity index (χ0) is 33.1. The molecule has 0 saturated heterocycles. The molecular formula is C42H29N5OS. The highest BCUT2D eigenvalue weighted by Gasteiger charge is 2.16. The summed E-state index contributed by atoms with van der Waals surface area (Å²) in [6.45, 7) is 0. The summed E-state index contributed by atoms with van der Waals surface area (Å²) >= 11 is 1.83. The number of benzene rings is 6. The Morgan fingerprint density at radius 1 is 0.469 bits per heavy atom. The standard InChI is InChI=1S/C42H29N5OS/c1-46-35-23-22-29(25-36(35)47(2)42(46)48)26-18-20-28(21-19-26)40-43-39(27-10-4-3-5-11-27)44-41(45-40)31-13-8-12-30(24-31)32-15-9-16-34-33-14-6-7-17-37(33)49-38(32)34/h3-25H,1-2H3. The fourth-order valence-electron chi connectivity index (χ4n) is 6.65. The van der Waals surface area contributed by atoms with E-state index >= 15 is 0 Å². The maximum absolute atomic E-state index is 12.5. The Morgan fingerprint density at radius 2 is 1.04 bits per heavy atom. The summed E-state index contributed by atoms with van der Waals surface area (Å²) in [7, 11) is 3.61. The Morgan fingerprint density at radius 3 is 1.84 bits per heavy atom. The molecule has 0 N–H and O–H groups in total. The molecule has 234 valence electrons. The van der Waals surface area contributed by atoms with Gasteiger partial charge in [-0.15, -0.1) is 11.3 Å². The third-order valence-electron chi connectivity index (χ3n) is 9.25. The van der Waals surface area contributed by atoms with Crippen LogP contribution >= 0.6 is 11.3 Å². The summed E-state index contributed by atoms with van der Waals surface area (Å²) in [5, 5.41) is 2.56. The van der Waals surface area contributed by atoms with E-state index in [4.69, 9.17) is 15.0 Å². The van der Waals surface area contributed by atoms with Crippen molar-refractivity contribution in [2.75, 3.05) is 0 Å². The van der Waals surface area contributed by atoms with Gasteiger partial charge in [0.15, 0.2) is 17.5 Å². The first-order valence-corrected chi connectivity index (χ1v) is 16.9. The molecule has 0 fully saturated rings.